The zero-order valence-corrected chi connectivity index (χ0v) is 18.1. The van der Waals surface area contributed by atoms with Gasteiger partial charge < -0.3 is 4.57 Å². The molecule has 2 aliphatic rings. The second-order valence-electron chi connectivity index (χ2n) is 8.96. The molecule has 0 N–H and O–H groups in total. The minimum absolute atomic E-state index is 0.0276. The van der Waals surface area contributed by atoms with Crippen LogP contribution in [0, 0.1) is 30.1 Å². The third-order valence-corrected chi connectivity index (χ3v) is 7.17. The van der Waals surface area contributed by atoms with E-state index in [0.717, 1.165) is 30.0 Å². The summed E-state index contributed by atoms with van der Waals surface area (Å²) in [6.45, 7) is 6.15. The molecular formula is C27H25N3O. The van der Waals surface area contributed by atoms with Gasteiger partial charge in [0.15, 0.2) is 5.78 Å². The van der Waals surface area contributed by atoms with Gasteiger partial charge in [-0.15, -0.1) is 0 Å². The lowest BCUT2D eigenvalue weighted by Crippen LogP contribution is -2.45. The average molecular weight is 408 g/mol. The largest absolute Gasteiger partial charge is 0.301 e. The van der Waals surface area contributed by atoms with Crippen molar-refractivity contribution in [2.24, 2.45) is 11.8 Å². The van der Waals surface area contributed by atoms with Crippen LogP contribution in [0.25, 0.3) is 16.8 Å². The maximum absolute atomic E-state index is 12.6. The van der Waals surface area contributed by atoms with Crippen LogP contribution < -0.4 is 0 Å². The zero-order valence-electron chi connectivity index (χ0n) is 18.1. The van der Waals surface area contributed by atoms with Crippen molar-refractivity contribution < 1.29 is 4.79 Å². The van der Waals surface area contributed by atoms with Gasteiger partial charge in [0.25, 0.3) is 0 Å². The first-order valence-electron chi connectivity index (χ1n) is 10.9. The lowest BCUT2D eigenvalue weighted by Gasteiger charge is -2.44. The summed E-state index contributed by atoms with van der Waals surface area (Å²) in [6, 6.07) is 21.1. The van der Waals surface area contributed by atoms with E-state index in [1.807, 2.05) is 26.0 Å². The van der Waals surface area contributed by atoms with Crippen molar-refractivity contribution in [3.63, 3.8) is 0 Å². The summed E-state index contributed by atoms with van der Waals surface area (Å²) in [7, 11) is 0. The molecule has 0 fully saturated rings. The Balaban J connectivity index is 1.66. The number of ketones is 1. The monoisotopic (exact) mass is 407 g/mol. The molecule has 0 aliphatic heterocycles. The van der Waals surface area contributed by atoms with Gasteiger partial charge in [0.2, 0.25) is 0 Å². The molecule has 0 radical (unpaired) electrons. The maximum atomic E-state index is 12.6. The Morgan fingerprint density at radius 3 is 2.61 bits per heavy atom. The summed E-state index contributed by atoms with van der Waals surface area (Å²) >= 11 is 0. The van der Waals surface area contributed by atoms with Gasteiger partial charge in [0.1, 0.15) is 11.9 Å². The fraction of sp³-hybridized carbons (Fsp3) is 0.296. The lowest BCUT2D eigenvalue weighted by molar-refractivity contribution is -0.121. The van der Waals surface area contributed by atoms with Gasteiger partial charge in [-0.25, -0.2) is 4.98 Å². The fourth-order valence-electron chi connectivity index (χ4n) is 5.64. The average Bonchev–Trinajstić information content (AvgIpc) is 3.14. The van der Waals surface area contributed by atoms with E-state index in [1.165, 1.54) is 16.8 Å². The molecule has 0 amide bonds. The number of carbonyl (C=O) groups excluding carboxylic acids is 1. The predicted octanol–water partition coefficient (Wildman–Crippen LogP) is 5.34. The molecule has 0 saturated carbocycles. The van der Waals surface area contributed by atoms with Crippen molar-refractivity contribution in [3.8, 4) is 22.9 Å². The molecule has 0 spiro atoms. The smallest absolute Gasteiger partial charge is 0.176 e. The number of allylic oxidation sites excluding steroid dienone is 2. The highest BCUT2D eigenvalue weighted by atomic mass is 16.1. The van der Waals surface area contributed by atoms with Crippen LogP contribution in [-0.2, 0) is 16.6 Å². The Hall–Kier alpha value is -3.45. The van der Waals surface area contributed by atoms with Gasteiger partial charge in [-0.05, 0) is 48.9 Å². The number of fused-ring (bicyclic) bond motifs is 3. The quantitative estimate of drug-likeness (QED) is 0.576. The van der Waals surface area contributed by atoms with Crippen LogP contribution in [0.2, 0.25) is 0 Å². The van der Waals surface area contributed by atoms with E-state index in [4.69, 9.17) is 4.98 Å². The van der Waals surface area contributed by atoms with Crippen LogP contribution in [0.15, 0.2) is 66.2 Å². The Morgan fingerprint density at radius 1 is 1.13 bits per heavy atom. The van der Waals surface area contributed by atoms with E-state index in [2.05, 4.69) is 66.1 Å². The Kier molecular flexibility index (Phi) is 4.44. The van der Waals surface area contributed by atoms with Gasteiger partial charge in [0, 0.05) is 22.7 Å². The molecule has 5 rings (SSSR count). The van der Waals surface area contributed by atoms with Crippen LogP contribution >= 0.6 is 0 Å². The third-order valence-electron chi connectivity index (χ3n) is 7.17. The highest BCUT2D eigenvalue weighted by Gasteiger charge is 2.50. The summed E-state index contributed by atoms with van der Waals surface area (Å²) in [5.74, 6) is 0.918. The van der Waals surface area contributed by atoms with E-state index >= 15 is 0 Å². The minimum Gasteiger partial charge on any atom is -0.301 e. The number of carbonyl (C=O) groups is 1. The van der Waals surface area contributed by atoms with E-state index in [1.54, 1.807) is 0 Å². The van der Waals surface area contributed by atoms with E-state index in [0.29, 0.717) is 0 Å². The summed E-state index contributed by atoms with van der Waals surface area (Å²) in [5, 5.41) is 9.54. The van der Waals surface area contributed by atoms with E-state index in [-0.39, 0.29) is 23.2 Å². The molecule has 1 aromatic heterocycles. The SMILES string of the molecule is Cc1nc2c(n1-c1cccc(-c3ccccc3)c1)CC[C@H]1[C@H](C)C(=O)C(C#N)=C[C@]21C. The molecule has 0 unspecified atom stereocenters. The summed E-state index contributed by atoms with van der Waals surface area (Å²) < 4.78 is 2.25. The molecule has 31 heavy (non-hydrogen) atoms. The first-order chi connectivity index (χ1) is 14.9. The van der Waals surface area contributed by atoms with Crippen molar-refractivity contribution in [1.29, 1.82) is 5.26 Å². The van der Waals surface area contributed by atoms with Gasteiger partial charge in [-0.3, -0.25) is 4.79 Å². The van der Waals surface area contributed by atoms with E-state index in [9.17, 15) is 10.1 Å². The minimum atomic E-state index is -0.404. The number of nitrogens with zero attached hydrogens (tertiary/aromatic N) is 3. The van der Waals surface area contributed by atoms with Crippen molar-refractivity contribution in [2.75, 3.05) is 0 Å². The van der Waals surface area contributed by atoms with Crippen molar-refractivity contribution >= 4 is 5.78 Å². The molecule has 3 atom stereocenters. The molecule has 0 bridgehead atoms. The van der Waals surface area contributed by atoms with Gasteiger partial charge >= 0.3 is 0 Å². The zero-order chi connectivity index (χ0) is 21.8. The maximum Gasteiger partial charge on any atom is 0.176 e. The number of rotatable bonds is 2. The highest BCUT2D eigenvalue weighted by Crippen LogP contribution is 2.50. The molecule has 1 heterocycles. The Morgan fingerprint density at radius 2 is 1.87 bits per heavy atom. The normalized spacial score (nSPS) is 24.7. The highest BCUT2D eigenvalue weighted by molar-refractivity contribution is 6.02. The van der Waals surface area contributed by atoms with Gasteiger partial charge in [-0.1, -0.05) is 62.4 Å². The second kappa shape index (κ2) is 7.06. The molecule has 2 aromatic carbocycles. The number of aromatic nitrogens is 2. The summed E-state index contributed by atoms with van der Waals surface area (Å²) in [4.78, 5) is 17.6. The summed E-state index contributed by atoms with van der Waals surface area (Å²) in [5.41, 5.74) is 5.53. The van der Waals surface area contributed by atoms with Crippen LogP contribution in [0.1, 0.15) is 37.5 Å². The van der Waals surface area contributed by atoms with Crippen LogP contribution in [-0.4, -0.2) is 15.3 Å². The van der Waals surface area contributed by atoms with Crippen LogP contribution in [0.4, 0.5) is 0 Å². The molecular weight excluding hydrogens is 382 g/mol. The molecule has 4 nitrogen and oxygen atoms in total. The topological polar surface area (TPSA) is 58.7 Å². The number of hydrogen-bond donors (Lipinski definition) is 0. The number of benzene rings is 2. The number of hydrogen-bond acceptors (Lipinski definition) is 3. The number of aryl methyl sites for hydroxylation is 1. The van der Waals surface area contributed by atoms with Crippen molar-refractivity contribution in [1.82, 2.24) is 9.55 Å². The van der Waals surface area contributed by atoms with Crippen LogP contribution in [0.5, 0.6) is 0 Å². The van der Waals surface area contributed by atoms with Crippen molar-refractivity contribution in [3.05, 3.63) is 83.5 Å². The molecule has 2 aliphatic carbocycles. The molecule has 0 saturated heterocycles. The first-order valence-corrected chi connectivity index (χ1v) is 10.9. The van der Waals surface area contributed by atoms with E-state index < -0.39 is 5.41 Å². The van der Waals surface area contributed by atoms with Crippen molar-refractivity contribution in [2.45, 2.75) is 39.0 Å². The Bertz CT molecular complexity index is 1260. The van der Waals surface area contributed by atoms with Gasteiger partial charge in [0.05, 0.1) is 11.3 Å². The standard InChI is InChI=1S/C27H25N3O/c1-17-23-12-13-24-26(27(23,3)15-21(16-28)25(17)31)29-18(2)30(24)22-11-7-10-20(14-22)19-8-5-4-6-9-19/h4-11,14-15,17,23H,12-13H2,1-3H3/t17-,23-,27-/m0/s1. The van der Waals surface area contributed by atoms with Gasteiger partial charge in [-0.2, -0.15) is 5.26 Å². The summed E-state index contributed by atoms with van der Waals surface area (Å²) in [6.07, 6.45) is 3.67. The second-order valence-corrected chi connectivity index (χ2v) is 8.96. The number of Topliss-reactive ketones (excluding diaryl/α,β-unsaturated/α-hetero) is 1. The molecule has 154 valence electrons. The lowest BCUT2D eigenvalue weighted by atomic mass is 9.58. The molecule has 3 aromatic rings. The number of imidazole rings is 1. The van der Waals surface area contributed by atoms with Crippen LogP contribution in [0.3, 0.4) is 0 Å². The fourth-order valence-corrected chi connectivity index (χ4v) is 5.64. The Labute approximate surface area is 182 Å². The predicted molar refractivity (Wildman–Crippen MR) is 121 cm³/mol. The number of nitriles is 1. The molecule has 4 heteroatoms. The third kappa shape index (κ3) is 2.88. The first kappa shape index (κ1) is 19.5.